The van der Waals surface area contributed by atoms with E-state index in [1.165, 1.54) is 10.0 Å². The number of nitrogens with one attached hydrogen (secondary N) is 1. The average molecular weight is 1070 g/mol. The molecular formula is C49H51Cl6N9O6. The Balaban J connectivity index is 0.000000198. The number of likely N-dealkylation sites (N-methyl/N-ethyl adjacent to an activating group) is 1. The van der Waals surface area contributed by atoms with Crippen molar-refractivity contribution in [2.24, 2.45) is 15.3 Å². The van der Waals surface area contributed by atoms with Gasteiger partial charge in [-0.25, -0.2) is 10.4 Å². The summed E-state index contributed by atoms with van der Waals surface area (Å²) in [5.74, 6) is 0.900. The molecule has 7 rings (SSSR count). The number of benzene rings is 4. The SMILES string of the molecule is Cc1cc(OCC2=NN(C)C(=O)C2=CN(C)C)c(Cl)cc1Cl.Cc1cc(OCC2=NN(c3ccccc3)C(=O)C2=CN(C)C)c(Cl)cc1Cl.Cc1cc(OCC2=NNC(=O)C2=CN(C)C)c(Cl)cc1Cl. The highest BCUT2D eigenvalue weighted by Crippen LogP contribution is 2.34. The molecule has 0 bridgehead atoms. The summed E-state index contributed by atoms with van der Waals surface area (Å²) in [4.78, 5) is 41.9. The minimum absolute atomic E-state index is 0.107. The quantitative estimate of drug-likeness (QED) is 0.129. The molecule has 4 aromatic carbocycles. The predicted octanol–water partition coefficient (Wildman–Crippen LogP) is 10.1. The van der Waals surface area contributed by atoms with Gasteiger partial charge in [-0.2, -0.15) is 20.3 Å². The van der Waals surface area contributed by atoms with Crippen molar-refractivity contribution in [1.29, 1.82) is 0 Å². The van der Waals surface area contributed by atoms with Crippen molar-refractivity contribution in [2.75, 3.05) is 74.2 Å². The molecule has 3 aliphatic rings. The van der Waals surface area contributed by atoms with Crippen molar-refractivity contribution in [1.82, 2.24) is 25.1 Å². The zero-order valence-electron chi connectivity index (χ0n) is 40.0. The second-order valence-electron chi connectivity index (χ2n) is 16.4. The van der Waals surface area contributed by atoms with Crippen LogP contribution in [0.15, 0.2) is 117 Å². The second-order valence-corrected chi connectivity index (χ2v) is 18.8. The van der Waals surface area contributed by atoms with Gasteiger partial charge in [0.25, 0.3) is 17.7 Å². The molecule has 370 valence electrons. The number of ether oxygens (including phenoxy) is 3. The summed E-state index contributed by atoms with van der Waals surface area (Å²) in [6, 6.07) is 19.5. The number of hydrazone groups is 3. The molecule has 3 aliphatic heterocycles. The minimum atomic E-state index is -0.249. The Morgan fingerprint density at radius 3 is 1.34 bits per heavy atom. The Hall–Kier alpha value is -5.94. The maximum Gasteiger partial charge on any atom is 0.282 e. The first-order valence-corrected chi connectivity index (χ1v) is 23.4. The summed E-state index contributed by atoms with van der Waals surface area (Å²) in [6.45, 7) is 6.00. The molecule has 0 aromatic heterocycles. The van der Waals surface area contributed by atoms with E-state index in [2.05, 4.69) is 20.7 Å². The van der Waals surface area contributed by atoms with Gasteiger partial charge in [0.2, 0.25) is 0 Å². The molecule has 70 heavy (non-hydrogen) atoms. The Kier molecular flexibility index (Phi) is 19.4. The average Bonchev–Trinajstić information content (AvgIpc) is 3.89. The van der Waals surface area contributed by atoms with E-state index in [0.29, 0.717) is 86.9 Å². The molecule has 0 atom stereocenters. The molecular weight excluding hydrogens is 1020 g/mol. The Morgan fingerprint density at radius 1 is 0.529 bits per heavy atom. The van der Waals surface area contributed by atoms with Crippen LogP contribution in [0.4, 0.5) is 5.69 Å². The zero-order chi connectivity index (χ0) is 51.6. The first-order chi connectivity index (χ1) is 33.0. The van der Waals surface area contributed by atoms with E-state index in [1.807, 2.05) is 93.4 Å². The number of hydrogen-bond donors (Lipinski definition) is 1. The number of carbonyl (C=O) groups is 3. The van der Waals surface area contributed by atoms with Crippen LogP contribution in [0, 0.1) is 20.8 Å². The Bertz CT molecular complexity index is 2830. The smallest absolute Gasteiger partial charge is 0.282 e. The van der Waals surface area contributed by atoms with Crippen molar-refractivity contribution in [3.63, 3.8) is 0 Å². The lowest BCUT2D eigenvalue weighted by Gasteiger charge is -2.12. The lowest BCUT2D eigenvalue weighted by molar-refractivity contribution is -0.124. The van der Waals surface area contributed by atoms with Gasteiger partial charge in [0.15, 0.2) is 0 Å². The fourth-order valence-corrected chi connectivity index (χ4v) is 7.62. The van der Waals surface area contributed by atoms with E-state index in [1.54, 1.807) is 76.7 Å². The van der Waals surface area contributed by atoms with Crippen LogP contribution in [0.2, 0.25) is 30.1 Å². The van der Waals surface area contributed by atoms with Crippen molar-refractivity contribution in [3.8, 4) is 17.2 Å². The van der Waals surface area contributed by atoms with Crippen LogP contribution in [-0.2, 0) is 14.4 Å². The number of anilines is 1. The molecule has 15 nitrogen and oxygen atoms in total. The summed E-state index contributed by atoms with van der Waals surface area (Å²) in [5.41, 5.74) is 8.78. The van der Waals surface area contributed by atoms with Crippen LogP contribution in [0.5, 0.6) is 17.2 Å². The van der Waals surface area contributed by atoms with E-state index in [0.717, 1.165) is 16.7 Å². The van der Waals surface area contributed by atoms with E-state index in [-0.39, 0.29) is 37.5 Å². The van der Waals surface area contributed by atoms with Gasteiger partial charge in [0.1, 0.15) is 54.2 Å². The van der Waals surface area contributed by atoms with Gasteiger partial charge >= 0.3 is 0 Å². The van der Waals surface area contributed by atoms with Crippen molar-refractivity contribution in [2.45, 2.75) is 20.8 Å². The van der Waals surface area contributed by atoms with Crippen LogP contribution >= 0.6 is 69.6 Å². The van der Waals surface area contributed by atoms with Crippen molar-refractivity contribution < 1.29 is 28.6 Å². The van der Waals surface area contributed by atoms with Gasteiger partial charge in [-0.3, -0.25) is 14.4 Å². The van der Waals surface area contributed by atoms with Gasteiger partial charge in [0.05, 0.1) is 37.5 Å². The van der Waals surface area contributed by atoms with E-state index in [4.69, 9.17) is 83.8 Å². The summed E-state index contributed by atoms with van der Waals surface area (Å²) < 4.78 is 17.2. The van der Waals surface area contributed by atoms with Crippen molar-refractivity contribution >= 4 is 110 Å². The monoisotopic (exact) mass is 1070 g/mol. The van der Waals surface area contributed by atoms with Crippen LogP contribution in [0.3, 0.4) is 0 Å². The van der Waals surface area contributed by atoms with Crippen molar-refractivity contribution in [3.05, 3.63) is 149 Å². The summed E-state index contributed by atoms with van der Waals surface area (Å²) in [7, 11) is 12.7. The first kappa shape index (κ1) is 55.0. The van der Waals surface area contributed by atoms with E-state index in [9.17, 15) is 14.4 Å². The zero-order valence-corrected chi connectivity index (χ0v) is 44.5. The van der Waals surface area contributed by atoms with Crippen LogP contribution in [0.25, 0.3) is 0 Å². The highest BCUT2D eigenvalue weighted by Gasteiger charge is 2.32. The molecule has 0 spiro atoms. The number of nitrogens with zero attached hydrogens (tertiary/aromatic N) is 8. The third kappa shape index (κ3) is 14.6. The molecule has 3 amide bonds. The second kappa shape index (κ2) is 24.8. The molecule has 0 saturated carbocycles. The van der Waals surface area contributed by atoms with Crippen LogP contribution in [-0.4, -0.2) is 124 Å². The molecule has 4 aromatic rings. The van der Waals surface area contributed by atoms with Crippen LogP contribution < -0.4 is 24.6 Å². The fraction of sp³-hybridized carbons (Fsp3) is 0.265. The summed E-state index contributed by atoms with van der Waals surface area (Å²) in [6.07, 6.45) is 5.16. The molecule has 0 unspecified atom stereocenters. The van der Waals surface area contributed by atoms with Gasteiger partial charge < -0.3 is 28.9 Å². The third-order valence-corrected chi connectivity index (χ3v) is 11.9. The highest BCUT2D eigenvalue weighted by atomic mass is 35.5. The van der Waals surface area contributed by atoms with Gasteiger partial charge in [-0.15, -0.1) is 0 Å². The Labute approximate surface area is 437 Å². The molecule has 0 radical (unpaired) electrons. The molecule has 21 heteroatoms. The van der Waals surface area contributed by atoms with Gasteiger partial charge in [-0.05, 0) is 86.0 Å². The number of halogens is 6. The fourth-order valence-electron chi connectivity index (χ4n) is 6.30. The largest absolute Gasteiger partial charge is 0.486 e. The molecule has 1 N–H and O–H groups in total. The normalized spacial score (nSPS) is 15.8. The van der Waals surface area contributed by atoms with Crippen LogP contribution in [0.1, 0.15) is 16.7 Å². The maximum absolute atomic E-state index is 12.8. The number of amides is 3. The molecule has 0 aliphatic carbocycles. The standard InChI is InChI=1S/C20H19Cl2N3O2.C15H17Cl2N3O2.C14H15Cl2N3O2/c1-13-9-19(17(22)10-16(13)21)27-12-18-15(11-24(2)3)20(26)25(23-18)14-7-5-4-6-8-14;1-9-5-14(12(17)6-11(9)16)22-8-13-10(7-19(2)3)15(21)20(4)18-13;1-8-4-13(11(16)5-10(8)15)21-7-12-9(6-19(2)3)14(20)18-17-12/h4-11H,12H2,1-3H3;5-7H,8H2,1-4H3;4-6H,7H2,1-3H3,(H,18,20). The first-order valence-electron chi connectivity index (χ1n) is 21.1. The lowest BCUT2D eigenvalue weighted by atomic mass is 10.1. The summed E-state index contributed by atoms with van der Waals surface area (Å²) >= 11 is 36.5. The van der Waals surface area contributed by atoms with Gasteiger partial charge in [0, 0.05) is 83.0 Å². The number of carbonyl (C=O) groups excluding carboxylic acids is 3. The highest BCUT2D eigenvalue weighted by molar-refractivity contribution is 6.37. The number of para-hydroxylation sites is 1. The number of rotatable bonds is 13. The van der Waals surface area contributed by atoms with E-state index < -0.39 is 0 Å². The number of aryl methyl sites for hydroxylation is 3. The topological polar surface area (TPSA) is 144 Å². The predicted molar refractivity (Wildman–Crippen MR) is 283 cm³/mol. The van der Waals surface area contributed by atoms with E-state index >= 15 is 0 Å². The number of hydrogen-bond acceptors (Lipinski definition) is 12. The molecule has 0 saturated heterocycles. The maximum atomic E-state index is 12.8. The summed E-state index contributed by atoms with van der Waals surface area (Å²) in [5, 5.41) is 18.3. The third-order valence-electron chi connectivity index (χ3n) is 9.80. The lowest BCUT2D eigenvalue weighted by Crippen LogP contribution is -2.23. The Morgan fingerprint density at radius 2 is 0.914 bits per heavy atom. The molecule has 3 heterocycles. The molecule has 0 fully saturated rings. The van der Waals surface area contributed by atoms with Gasteiger partial charge in [-0.1, -0.05) is 87.8 Å². The minimum Gasteiger partial charge on any atom is -0.486 e.